The quantitative estimate of drug-likeness (QED) is 0.505. The van der Waals surface area contributed by atoms with Crippen LogP contribution in [0.25, 0.3) is 0 Å². The van der Waals surface area contributed by atoms with Gasteiger partial charge in [-0.1, -0.05) is 39.3 Å². The van der Waals surface area contributed by atoms with Crippen molar-refractivity contribution in [1.29, 1.82) is 0 Å². The topological polar surface area (TPSA) is 0 Å². The summed E-state index contributed by atoms with van der Waals surface area (Å²) < 4.78 is 0. The summed E-state index contributed by atoms with van der Waals surface area (Å²) in [6.45, 7) is 13.5. The zero-order valence-corrected chi connectivity index (χ0v) is 12.7. The SMILES string of the molecule is C[Si](C)(C)CCl.C[Si](C)(C)CCl. The molecule has 0 atom stereocenters. The first-order valence-corrected chi connectivity index (χ1v) is 12.7. The van der Waals surface area contributed by atoms with E-state index in [1.54, 1.807) is 0 Å². The average molecular weight is 245 g/mol. The Labute approximate surface area is 89.7 Å². The first-order chi connectivity index (χ1) is 5.12. The third kappa shape index (κ3) is 22.5. The minimum absolute atomic E-state index is 0.866. The molecule has 0 heterocycles. The summed E-state index contributed by atoms with van der Waals surface area (Å²) in [7, 11) is -1.73. The summed E-state index contributed by atoms with van der Waals surface area (Å²) in [4.78, 5) is 0. The molecule has 0 aliphatic heterocycles. The molecule has 0 saturated carbocycles. The predicted octanol–water partition coefficient (Wildman–Crippen LogP) is 4.21. The van der Waals surface area contributed by atoms with E-state index in [2.05, 4.69) is 39.3 Å². The first kappa shape index (κ1) is 15.5. The van der Waals surface area contributed by atoms with Crippen LogP contribution in [0.4, 0.5) is 0 Å². The van der Waals surface area contributed by atoms with Crippen LogP contribution in [0, 0.1) is 0 Å². The Hall–Kier alpha value is 1.01. The molecule has 0 nitrogen and oxygen atoms in total. The molecule has 0 aliphatic rings. The second-order valence-electron chi connectivity index (χ2n) is 5.39. The fourth-order valence-corrected chi connectivity index (χ4v) is 0. The van der Waals surface area contributed by atoms with Crippen molar-refractivity contribution in [3.05, 3.63) is 0 Å². The van der Waals surface area contributed by atoms with Gasteiger partial charge in [0.1, 0.15) is 0 Å². The number of alkyl halides is 2. The van der Waals surface area contributed by atoms with Crippen LogP contribution in [-0.4, -0.2) is 27.2 Å². The molecule has 0 N–H and O–H groups in total. The van der Waals surface area contributed by atoms with Crippen molar-refractivity contribution in [1.82, 2.24) is 0 Å². The van der Waals surface area contributed by atoms with Crippen LogP contribution in [0.3, 0.4) is 0 Å². The lowest BCUT2D eigenvalue weighted by atomic mass is 11.8. The van der Waals surface area contributed by atoms with Crippen LogP contribution in [0.5, 0.6) is 0 Å². The van der Waals surface area contributed by atoms with Gasteiger partial charge in [0.2, 0.25) is 0 Å². The van der Waals surface area contributed by atoms with E-state index < -0.39 is 16.1 Å². The van der Waals surface area contributed by atoms with E-state index in [0.717, 1.165) is 11.0 Å². The Morgan fingerprint density at radius 2 is 0.750 bits per heavy atom. The highest BCUT2D eigenvalue weighted by Gasteiger charge is 2.09. The van der Waals surface area contributed by atoms with Gasteiger partial charge in [-0.15, -0.1) is 23.2 Å². The predicted molar refractivity (Wildman–Crippen MR) is 68.1 cm³/mol. The van der Waals surface area contributed by atoms with Gasteiger partial charge in [0.05, 0.1) is 16.1 Å². The number of hydrogen-bond acceptors (Lipinski definition) is 0. The van der Waals surface area contributed by atoms with Crippen LogP contribution >= 0.6 is 23.2 Å². The molecule has 0 aromatic heterocycles. The van der Waals surface area contributed by atoms with Crippen molar-refractivity contribution >= 4 is 39.3 Å². The third-order valence-electron chi connectivity index (χ3n) is 0.802. The molecule has 0 aromatic rings. The molecule has 12 heavy (non-hydrogen) atoms. The van der Waals surface area contributed by atoms with Crippen molar-refractivity contribution in [2.75, 3.05) is 11.0 Å². The third-order valence-corrected chi connectivity index (χ3v) is 7.22. The summed E-state index contributed by atoms with van der Waals surface area (Å²) in [6.07, 6.45) is 0. The maximum atomic E-state index is 5.54. The monoisotopic (exact) mass is 244 g/mol. The van der Waals surface area contributed by atoms with Crippen LogP contribution in [-0.2, 0) is 0 Å². The van der Waals surface area contributed by atoms with E-state index in [9.17, 15) is 0 Å². The normalized spacial score (nSPS) is 12.0. The molecular formula is C8H22Cl2Si2. The minimum atomic E-state index is -0.866. The maximum Gasteiger partial charge on any atom is 0.0609 e. The summed E-state index contributed by atoms with van der Waals surface area (Å²) in [6, 6.07) is 0. The average Bonchev–Trinajstić information content (AvgIpc) is 1.86. The van der Waals surface area contributed by atoms with Crippen LogP contribution < -0.4 is 0 Å². The lowest BCUT2D eigenvalue weighted by Gasteiger charge is -2.07. The fraction of sp³-hybridized carbons (Fsp3) is 1.00. The summed E-state index contributed by atoms with van der Waals surface area (Å²) >= 11 is 11.1. The molecule has 0 unspecified atom stereocenters. The van der Waals surface area contributed by atoms with Gasteiger partial charge < -0.3 is 0 Å². The molecular weight excluding hydrogens is 223 g/mol. The maximum absolute atomic E-state index is 5.54. The smallest absolute Gasteiger partial charge is 0.0609 e. The second kappa shape index (κ2) is 6.47. The molecule has 0 aromatic carbocycles. The first-order valence-electron chi connectivity index (χ1n) is 4.24. The van der Waals surface area contributed by atoms with Gasteiger partial charge in [-0.2, -0.15) is 0 Å². The summed E-state index contributed by atoms with van der Waals surface area (Å²) in [5, 5.41) is 0. The lowest BCUT2D eigenvalue weighted by molar-refractivity contribution is 1.66. The molecule has 0 radical (unpaired) electrons. The van der Waals surface area contributed by atoms with E-state index in [-0.39, 0.29) is 0 Å². The molecule has 0 rings (SSSR count). The van der Waals surface area contributed by atoms with E-state index in [0.29, 0.717) is 0 Å². The Morgan fingerprint density at radius 3 is 0.750 bits per heavy atom. The lowest BCUT2D eigenvalue weighted by Crippen LogP contribution is -2.21. The molecule has 0 spiro atoms. The zero-order chi connectivity index (χ0) is 10.4. The molecule has 0 bridgehead atoms. The fourth-order valence-electron chi connectivity index (χ4n) is 0. The van der Waals surface area contributed by atoms with Gasteiger partial charge >= 0.3 is 0 Å². The van der Waals surface area contributed by atoms with Gasteiger partial charge in [0.15, 0.2) is 0 Å². The molecule has 4 heteroatoms. The van der Waals surface area contributed by atoms with Crippen molar-refractivity contribution in [2.24, 2.45) is 0 Å². The summed E-state index contributed by atoms with van der Waals surface area (Å²) in [5.41, 5.74) is 1.76. The molecule has 0 aliphatic carbocycles. The van der Waals surface area contributed by atoms with E-state index in [4.69, 9.17) is 23.2 Å². The number of rotatable bonds is 2. The van der Waals surface area contributed by atoms with Crippen molar-refractivity contribution < 1.29 is 0 Å². The minimum Gasteiger partial charge on any atom is -0.130 e. The van der Waals surface area contributed by atoms with Crippen molar-refractivity contribution in [3.63, 3.8) is 0 Å². The van der Waals surface area contributed by atoms with Gasteiger partial charge in [0, 0.05) is 11.0 Å². The highest BCUT2D eigenvalue weighted by Crippen LogP contribution is 2.01. The van der Waals surface area contributed by atoms with Gasteiger partial charge in [-0.05, 0) is 0 Å². The van der Waals surface area contributed by atoms with Crippen molar-refractivity contribution in [3.8, 4) is 0 Å². The highest BCUT2D eigenvalue weighted by atomic mass is 35.5. The van der Waals surface area contributed by atoms with Crippen LogP contribution in [0.1, 0.15) is 0 Å². The Balaban J connectivity index is 0. The van der Waals surface area contributed by atoms with E-state index in [1.165, 1.54) is 0 Å². The standard InChI is InChI=1S/2C4H11ClSi/c2*1-6(2,3)4-5/h2*4H2,1-3H3. The van der Waals surface area contributed by atoms with Crippen LogP contribution in [0.15, 0.2) is 0 Å². The zero-order valence-electron chi connectivity index (χ0n) is 9.17. The van der Waals surface area contributed by atoms with Gasteiger partial charge in [-0.25, -0.2) is 0 Å². The van der Waals surface area contributed by atoms with Gasteiger partial charge in [-0.3, -0.25) is 0 Å². The second-order valence-corrected chi connectivity index (χ2v) is 17.8. The van der Waals surface area contributed by atoms with E-state index >= 15 is 0 Å². The number of halogens is 2. The molecule has 76 valence electrons. The summed E-state index contributed by atoms with van der Waals surface area (Å²) in [5.74, 6) is 0. The Bertz CT molecular complexity index is 88.6. The Morgan fingerprint density at radius 1 is 0.667 bits per heavy atom. The van der Waals surface area contributed by atoms with Crippen LogP contribution in [0.2, 0.25) is 39.3 Å². The number of hydrogen-bond donors (Lipinski definition) is 0. The Kier molecular flexibility index (Phi) is 8.34. The largest absolute Gasteiger partial charge is 0.130 e. The van der Waals surface area contributed by atoms with Crippen molar-refractivity contribution in [2.45, 2.75) is 39.3 Å². The highest BCUT2D eigenvalue weighted by molar-refractivity contribution is 6.82. The molecule has 0 fully saturated rings. The van der Waals surface area contributed by atoms with E-state index in [1.807, 2.05) is 0 Å². The van der Waals surface area contributed by atoms with Gasteiger partial charge in [0.25, 0.3) is 0 Å². The molecule has 0 amide bonds. The molecule has 0 saturated heterocycles.